The fourth-order valence-corrected chi connectivity index (χ4v) is 4.98. The molecule has 0 N–H and O–H groups in total. The molecule has 1 aliphatic carbocycles. The number of carbonyl (C=O) groups excluding carboxylic acids is 1. The maximum absolute atomic E-state index is 11.3. The topological polar surface area (TPSA) is 26.3 Å². The zero-order chi connectivity index (χ0) is 33.1. The van der Waals surface area contributed by atoms with E-state index >= 15 is 0 Å². The highest BCUT2D eigenvalue weighted by Crippen LogP contribution is 2.40. The summed E-state index contributed by atoms with van der Waals surface area (Å²) >= 11 is 0. The molecule has 1 unspecified atom stereocenters. The average molecular weight is 595 g/mol. The lowest BCUT2D eigenvalue weighted by Gasteiger charge is -2.32. The van der Waals surface area contributed by atoms with Crippen molar-refractivity contribution in [2.75, 3.05) is 0 Å². The first-order chi connectivity index (χ1) is 20.7. The van der Waals surface area contributed by atoms with Crippen molar-refractivity contribution in [1.82, 2.24) is 0 Å². The Kier molecular flexibility index (Phi) is 17.7. The molecule has 2 nitrogen and oxygen atoms in total. The van der Waals surface area contributed by atoms with E-state index in [-0.39, 0.29) is 17.5 Å². The molecule has 1 rings (SSSR count). The van der Waals surface area contributed by atoms with Gasteiger partial charge < -0.3 is 4.74 Å². The predicted octanol–water partition coefficient (Wildman–Crippen LogP) is 12.3. The number of ether oxygens (including phenoxy) is 1. The third-order valence-electron chi connectivity index (χ3n) is 7.72. The van der Waals surface area contributed by atoms with Gasteiger partial charge in [-0.3, -0.25) is 4.79 Å². The van der Waals surface area contributed by atoms with Crippen LogP contribution in [0.1, 0.15) is 101 Å². The van der Waals surface area contributed by atoms with Gasteiger partial charge in [0.25, 0.3) is 0 Å². The first-order valence-electron chi connectivity index (χ1n) is 16.0. The summed E-state index contributed by atoms with van der Waals surface area (Å²) in [7, 11) is 0. The van der Waals surface area contributed by atoms with E-state index in [1.165, 1.54) is 65.2 Å². The van der Waals surface area contributed by atoms with Crippen LogP contribution in [0.3, 0.4) is 0 Å². The smallest absolute Gasteiger partial charge is 0.303 e. The van der Waals surface area contributed by atoms with Crippen molar-refractivity contribution < 1.29 is 9.53 Å². The molecule has 0 amide bonds. The average Bonchev–Trinajstić information content (AvgIpc) is 2.92. The molecule has 0 aromatic heterocycles. The van der Waals surface area contributed by atoms with E-state index in [0.29, 0.717) is 0 Å². The van der Waals surface area contributed by atoms with Crippen LogP contribution in [-0.2, 0) is 9.53 Å². The monoisotopic (exact) mass is 594 g/mol. The van der Waals surface area contributed by atoms with Crippen molar-refractivity contribution in [2.24, 2.45) is 5.41 Å². The summed E-state index contributed by atoms with van der Waals surface area (Å²) < 4.78 is 5.34. The Balaban J connectivity index is 2.59. The number of hydrogen-bond donors (Lipinski definition) is 0. The summed E-state index contributed by atoms with van der Waals surface area (Å²) in [6.45, 7) is 24.8. The standard InChI is InChI=1S/C42H58O2/c1-32(2)41(44-39(9)43)30-28-37(7)25-16-23-35(5)22-14-20-33(3)18-12-13-19-34(4)21-15-24-36(6)27-29-40-38(8)26-17-31-42(40,10)11/h12-16,18-25,27,29,41H,1,17,26,28,30-31H2,2-11H3/b13-12+,20-14+,21-15+,23-16+,29-27+,33-18+,34-19+,35-22+,36-24+,37-25+. The lowest BCUT2D eigenvalue weighted by Crippen LogP contribution is -2.19. The Labute approximate surface area is 270 Å². The van der Waals surface area contributed by atoms with Gasteiger partial charge in [-0.05, 0) is 97.1 Å². The van der Waals surface area contributed by atoms with Gasteiger partial charge in [0.1, 0.15) is 6.10 Å². The van der Waals surface area contributed by atoms with E-state index in [9.17, 15) is 4.79 Å². The molecule has 0 heterocycles. The van der Waals surface area contributed by atoms with Crippen LogP contribution in [0.2, 0.25) is 0 Å². The number of hydrogen-bond acceptors (Lipinski definition) is 2. The number of rotatable bonds is 15. The Morgan fingerprint density at radius 1 is 0.773 bits per heavy atom. The van der Waals surface area contributed by atoms with Crippen LogP contribution in [-0.4, -0.2) is 12.1 Å². The Morgan fingerprint density at radius 2 is 1.25 bits per heavy atom. The van der Waals surface area contributed by atoms with Gasteiger partial charge in [-0.2, -0.15) is 0 Å². The Bertz CT molecular complexity index is 1320. The number of carbonyl (C=O) groups is 1. The predicted molar refractivity (Wildman–Crippen MR) is 194 cm³/mol. The zero-order valence-corrected chi connectivity index (χ0v) is 29.3. The zero-order valence-electron chi connectivity index (χ0n) is 29.3. The van der Waals surface area contributed by atoms with Crippen molar-refractivity contribution in [2.45, 2.75) is 107 Å². The maximum Gasteiger partial charge on any atom is 0.303 e. The molecule has 44 heavy (non-hydrogen) atoms. The fraction of sp³-hybridized carbons (Fsp3) is 0.405. The largest absolute Gasteiger partial charge is 0.458 e. The van der Waals surface area contributed by atoms with E-state index in [1.54, 1.807) is 0 Å². The van der Waals surface area contributed by atoms with Gasteiger partial charge in [-0.15, -0.1) is 0 Å². The Morgan fingerprint density at radius 3 is 1.73 bits per heavy atom. The summed E-state index contributed by atoms with van der Waals surface area (Å²) in [5.41, 5.74) is 10.2. The number of allylic oxidation sites excluding steroid dienone is 22. The molecule has 0 fully saturated rings. The summed E-state index contributed by atoms with van der Waals surface area (Å²) in [6.07, 6.45) is 37.2. The van der Waals surface area contributed by atoms with Crippen LogP contribution >= 0.6 is 0 Å². The van der Waals surface area contributed by atoms with E-state index in [4.69, 9.17) is 4.74 Å². The van der Waals surface area contributed by atoms with E-state index in [0.717, 1.165) is 18.4 Å². The van der Waals surface area contributed by atoms with Gasteiger partial charge >= 0.3 is 5.97 Å². The first-order valence-corrected chi connectivity index (χ1v) is 16.0. The maximum atomic E-state index is 11.3. The molecule has 0 saturated carbocycles. The SMILES string of the molecule is C=C(C)C(CC/C(C)=C/C=C/C(C)=C/C=C/C(C)=C/C=C/C=C(C)/C=C/C=C(C)/C=C/C1=C(C)CCCC1(C)C)OC(C)=O. The second kappa shape index (κ2) is 20.3. The fourth-order valence-electron chi connectivity index (χ4n) is 4.98. The second-order valence-electron chi connectivity index (χ2n) is 12.9. The van der Waals surface area contributed by atoms with E-state index in [2.05, 4.69) is 153 Å². The second-order valence-corrected chi connectivity index (χ2v) is 12.9. The molecule has 0 aromatic rings. The molecule has 1 atom stereocenters. The molecule has 0 spiro atoms. The molecule has 0 aromatic carbocycles. The highest BCUT2D eigenvalue weighted by Gasteiger charge is 2.26. The van der Waals surface area contributed by atoms with Crippen molar-refractivity contribution >= 4 is 5.97 Å². The lowest BCUT2D eigenvalue weighted by molar-refractivity contribution is -0.144. The highest BCUT2D eigenvalue weighted by molar-refractivity contribution is 5.66. The van der Waals surface area contributed by atoms with Crippen LogP contribution in [0.25, 0.3) is 0 Å². The minimum Gasteiger partial charge on any atom is -0.458 e. The van der Waals surface area contributed by atoms with Crippen LogP contribution in [0.4, 0.5) is 0 Å². The molecular weight excluding hydrogens is 536 g/mol. The molecular formula is C42H58O2. The van der Waals surface area contributed by atoms with Crippen molar-refractivity contribution in [3.8, 4) is 0 Å². The molecule has 0 radical (unpaired) electrons. The molecule has 0 bridgehead atoms. The molecule has 0 saturated heterocycles. The molecule has 1 aliphatic rings. The summed E-state index contributed by atoms with van der Waals surface area (Å²) in [4.78, 5) is 11.3. The van der Waals surface area contributed by atoms with Crippen molar-refractivity contribution in [1.29, 1.82) is 0 Å². The minimum absolute atomic E-state index is 0.222. The third-order valence-corrected chi connectivity index (χ3v) is 7.72. The van der Waals surface area contributed by atoms with Gasteiger partial charge in [-0.25, -0.2) is 0 Å². The van der Waals surface area contributed by atoms with Gasteiger partial charge in [0.05, 0.1) is 0 Å². The first kappa shape index (κ1) is 38.4. The Hall–Kier alpha value is -3.65. The molecule has 0 aliphatic heterocycles. The van der Waals surface area contributed by atoms with Gasteiger partial charge in [0, 0.05) is 6.92 Å². The number of esters is 1. The summed E-state index contributed by atoms with van der Waals surface area (Å²) in [5.74, 6) is -0.265. The van der Waals surface area contributed by atoms with Gasteiger partial charge in [-0.1, -0.05) is 145 Å². The van der Waals surface area contributed by atoms with Gasteiger partial charge in [0.2, 0.25) is 0 Å². The normalized spacial score (nSPS) is 18.5. The quantitative estimate of drug-likeness (QED) is 0.107. The van der Waals surface area contributed by atoms with E-state index in [1.807, 2.05) is 6.92 Å². The highest BCUT2D eigenvalue weighted by atomic mass is 16.5. The van der Waals surface area contributed by atoms with Crippen LogP contribution < -0.4 is 0 Å². The molecule has 2 heteroatoms. The minimum atomic E-state index is -0.265. The third kappa shape index (κ3) is 16.8. The van der Waals surface area contributed by atoms with Crippen LogP contribution in [0, 0.1) is 5.41 Å². The van der Waals surface area contributed by atoms with Crippen molar-refractivity contribution in [3.63, 3.8) is 0 Å². The van der Waals surface area contributed by atoms with Crippen LogP contribution in [0.15, 0.2) is 142 Å². The van der Waals surface area contributed by atoms with Gasteiger partial charge in [0.15, 0.2) is 0 Å². The summed E-state index contributed by atoms with van der Waals surface area (Å²) in [6, 6.07) is 0. The lowest BCUT2D eigenvalue weighted by atomic mass is 9.72. The summed E-state index contributed by atoms with van der Waals surface area (Å²) in [5, 5.41) is 0. The molecule has 238 valence electrons. The van der Waals surface area contributed by atoms with Crippen LogP contribution in [0.5, 0.6) is 0 Å². The van der Waals surface area contributed by atoms with E-state index < -0.39 is 0 Å². The van der Waals surface area contributed by atoms with Crippen molar-refractivity contribution in [3.05, 3.63) is 142 Å².